The van der Waals surface area contributed by atoms with Crippen molar-refractivity contribution in [1.29, 1.82) is 0 Å². The second-order valence-corrected chi connectivity index (χ2v) is 7.93. The van der Waals surface area contributed by atoms with Crippen LogP contribution in [0.1, 0.15) is 53.0 Å². The smallest absolute Gasteiger partial charge is 0.400 e. The average molecular weight is 328 g/mol. The summed E-state index contributed by atoms with van der Waals surface area (Å²) < 4.78 is 18.4. The van der Waals surface area contributed by atoms with Gasteiger partial charge in [-0.25, -0.2) is 0 Å². The van der Waals surface area contributed by atoms with E-state index in [1.165, 1.54) is 16.6 Å². The lowest BCUT2D eigenvalue weighted by molar-refractivity contribution is 0.00578. The minimum Gasteiger partial charge on any atom is -0.400 e. The normalized spacial score (nSPS) is 27.5. The first-order valence-corrected chi connectivity index (χ1v) is 9.01. The molecule has 4 heteroatoms. The summed E-state index contributed by atoms with van der Waals surface area (Å²) in [6.07, 6.45) is 3.21. The largest absolute Gasteiger partial charge is 0.490 e. The molecular formula is C20H29BO3. The SMILES string of the molecule is C/C(B1OC(C)(C)C(C)(C)O1)=C1/CCOC1CCc1ccccc1. The summed E-state index contributed by atoms with van der Waals surface area (Å²) in [4.78, 5) is 0. The Hall–Kier alpha value is -1.10. The van der Waals surface area contributed by atoms with Crippen LogP contribution in [0, 0.1) is 0 Å². The first kappa shape index (κ1) is 17.7. The molecule has 0 saturated carbocycles. The molecule has 2 saturated heterocycles. The number of aryl methyl sites for hydroxylation is 1. The zero-order chi connectivity index (χ0) is 17.4. The van der Waals surface area contributed by atoms with E-state index >= 15 is 0 Å². The van der Waals surface area contributed by atoms with Crippen LogP contribution in [0.5, 0.6) is 0 Å². The molecule has 2 heterocycles. The zero-order valence-corrected chi connectivity index (χ0v) is 15.6. The Labute approximate surface area is 146 Å². The molecule has 2 aliphatic rings. The van der Waals surface area contributed by atoms with E-state index < -0.39 is 0 Å². The minimum absolute atomic E-state index is 0.184. The molecule has 0 amide bonds. The standard InChI is InChI=1S/C20H29BO3/c1-15(21-23-19(2,3)20(4,5)24-21)17-13-14-22-18(17)12-11-16-9-7-6-8-10-16/h6-10,18H,11-14H2,1-5H3/b17-15+. The molecule has 0 aliphatic carbocycles. The van der Waals surface area contributed by atoms with Gasteiger partial charge in [0.15, 0.2) is 0 Å². The molecule has 130 valence electrons. The van der Waals surface area contributed by atoms with Gasteiger partial charge in [-0.1, -0.05) is 30.3 Å². The molecular weight excluding hydrogens is 299 g/mol. The van der Waals surface area contributed by atoms with Crippen LogP contribution < -0.4 is 0 Å². The monoisotopic (exact) mass is 328 g/mol. The van der Waals surface area contributed by atoms with E-state index in [4.69, 9.17) is 14.0 Å². The van der Waals surface area contributed by atoms with Crippen molar-refractivity contribution >= 4 is 7.12 Å². The summed E-state index contributed by atoms with van der Waals surface area (Å²) in [7, 11) is -0.258. The number of rotatable bonds is 4. The van der Waals surface area contributed by atoms with Gasteiger partial charge in [0.05, 0.1) is 23.9 Å². The van der Waals surface area contributed by atoms with Gasteiger partial charge in [-0.15, -0.1) is 0 Å². The van der Waals surface area contributed by atoms with Crippen molar-refractivity contribution in [3.63, 3.8) is 0 Å². The fourth-order valence-electron chi connectivity index (χ4n) is 3.40. The molecule has 3 rings (SSSR count). The molecule has 0 spiro atoms. The maximum atomic E-state index is 6.21. The number of ether oxygens (including phenoxy) is 1. The molecule has 1 aromatic carbocycles. The van der Waals surface area contributed by atoms with Crippen molar-refractivity contribution in [2.75, 3.05) is 6.61 Å². The Kier molecular flexibility index (Phi) is 4.92. The van der Waals surface area contributed by atoms with Crippen LogP contribution in [0.4, 0.5) is 0 Å². The lowest BCUT2D eigenvalue weighted by Gasteiger charge is -2.32. The predicted molar refractivity (Wildman–Crippen MR) is 97.9 cm³/mol. The Balaban J connectivity index is 1.71. The first-order chi connectivity index (χ1) is 11.3. The van der Waals surface area contributed by atoms with E-state index in [9.17, 15) is 0 Å². The summed E-state index contributed by atoms with van der Waals surface area (Å²) in [5, 5.41) is 0. The Morgan fingerprint density at radius 3 is 2.33 bits per heavy atom. The Morgan fingerprint density at radius 2 is 1.71 bits per heavy atom. The summed E-state index contributed by atoms with van der Waals surface area (Å²) in [5.74, 6) is 0. The van der Waals surface area contributed by atoms with Crippen molar-refractivity contribution in [3.05, 3.63) is 46.9 Å². The van der Waals surface area contributed by atoms with Crippen LogP contribution in [-0.4, -0.2) is 31.0 Å². The van der Waals surface area contributed by atoms with Gasteiger partial charge in [-0.2, -0.15) is 0 Å². The molecule has 24 heavy (non-hydrogen) atoms. The van der Waals surface area contributed by atoms with Crippen molar-refractivity contribution in [2.45, 2.75) is 71.2 Å². The molecule has 0 bridgehead atoms. The maximum absolute atomic E-state index is 6.21. The molecule has 0 radical (unpaired) electrons. The fourth-order valence-corrected chi connectivity index (χ4v) is 3.40. The van der Waals surface area contributed by atoms with Crippen molar-refractivity contribution in [3.8, 4) is 0 Å². The third-order valence-electron chi connectivity index (χ3n) is 5.73. The second kappa shape index (κ2) is 6.66. The minimum atomic E-state index is -0.293. The van der Waals surface area contributed by atoms with Gasteiger partial charge in [-0.05, 0) is 70.5 Å². The van der Waals surface area contributed by atoms with E-state index in [0.29, 0.717) is 0 Å². The van der Waals surface area contributed by atoms with Crippen molar-refractivity contribution in [2.24, 2.45) is 0 Å². The first-order valence-electron chi connectivity index (χ1n) is 9.01. The van der Waals surface area contributed by atoms with E-state index in [0.717, 1.165) is 25.9 Å². The Bertz CT molecular complexity index is 591. The summed E-state index contributed by atoms with van der Waals surface area (Å²) in [6.45, 7) is 11.3. The number of hydrogen-bond acceptors (Lipinski definition) is 3. The van der Waals surface area contributed by atoms with Crippen LogP contribution >= 0.6 is 0 Å². The summed E-state index contributed by atoms with van der Waals surface area (Å²) in [5.41, 5.74) is 3.34. The number of benzene rings is 1. The van der Waals surface area contributed by atoms with Crippen molar-refractivity contribution in [1.82, 2.24) is 0 Å². The highest BCUT2D eigenvalue weighted by molar-refractivity contribution is 6.54. The van der Waals surface area contributed by atoms with Gasteiger partial charge in [0, 0.05) is 0 Å². The average Bonchev–Trinajstić information content (AvgIpc) is 3.08. The van der Waals surface area contributed by atoms with Gasteiger partial charge in [0.2, 0.25) is 0 Å². The van der Waals surface area contributed by atoms with Gasteiger partial charge < -0.3 is 14.0 Å². The van der Waals surface area contributed by atoms with E-state index in [1.54, 1.807) is 0 Å². The maximum Gasteiger partial charge on any atom is 0.490 e. The highest BCUT2D eigenvalue weighted by atomic mass is 16.7. The highest BCUT2D eigenvalue weighted by Crippen LogP contribution is 2.40. The Morgan fingerprint density at radius 1 is 1.08 bits per heavy atom. The fraction of sp³-hybridized carbons (Fsp3) is 0.600. The third-order valence-corrected chi connectivity index (χ3v) is 5.73. The van der Waals surface area contributed by atoms with Crippen molar-refractivity contribution < 1.29 is 14.0 Å². The van der Waals surface area contributed by atoms with Crippen LogP contribution in [0.3, 0.4) is 0 Å². The van der Waals surface area contributed by atoms with Gasteiger partial charge >= 0.3 is 7.12 Å². The van der Waals surface area contributed by atoms with Gasteiger partial charge in [-0.3, -0.25) is 0 Å². The quantitative estimate of drug-likeness (QED) is 0.769. The van der Waals surface area contributed by atoms with Crippen LogP contribution in [0.15, 0.2) is 41.4 Å². The second-order valence-electron chi connectivity index (χ2n) is 7.93. The van der Waals surface area contributed by atoms with Gasteiger partial charge in [0.1, 0.15) is 0 Å². The molecule has 2 aliphatic heterocycles. The molecule has 0 N–H and O–H groups in total. The van der Waals surface area contributed by atoms with E-state index in [1.807, 2.05) is 0 Å². The van der Waals surface area contributed by atoms with E-state index in [2.05, 4.69) is 65.0 Å². The molecule has 3 nitrogen and oxygen atoms in total. The number of hydrogen-bond donors (Lipinski definition) is 0. The van der Waals surface area contributed by atoms with Crippen LogP contribution in [0.25, 0.3) is 0 Å². The lowest BCUT2D eigenvalue weighted by Crippen LogP contribution is -2.41. The molecule has 0 aromatic heterocycles. The molecule has 1 atom stereocenters. The predicted octanol–water partition coefficient (Wildman–Crippen LogP) is 4.36. The highest BCUT2D eigenvalue weighted by Gasteiger charge is 2.52. The third kappa shape index (κ3) is 3.46. The molecule has 1 unspecified atom stereocenters. The molecule has 2 fully saturated rings. The zero-order valence-electron chi connectivity index (χ0n) is 15.6. The molecule has 1 aromatic rings. The topological polar surface area (TPSA) is 27.7 Å². The summed E-state index contributed by atoms with van der Waals surface area (Å²) >= 11 is 0. The summed E-state index contributed by atoms with van der Waals surface area (Å²) in [6, 6.07) is 10.6. The van der Waals surface area contributed by atoms with E-state index in [-0.39, 0.29) is 24.4 Å². The van der Waals surface area contributed by atoms with Crippen LogP contribution in [-0.2, 0) is 20.5 Å². The van der Waals surface area contributed by atoms with Crippen LogP contribution in [0.2, 0.25) is 0 Å². The lowest BCUT2D eigenvalue weighted by atomic mass is 9.74. The van der Waals surface area contributed by atoms with Gasteiger partial charge in [0.25, 0.3) is 0 Å². The number of allylic oxidation sites excluding steroid dienone is 1.